The van der Waals surface area contributed by atoms with Gasteiger partial charge in [0.05, 0.1) is 0 Å². The molecule has 1 aromatic rings. The van der Waals surface area contributed by atoms with E-state index in [1.165, 1.54) is 12.4 Å². The van der Waals surface area contributed by atoms with Crippen molar-refractivity contribution in [1.82, 2.24) is 9.97 Å². The van der Waals surface area contributed by atoms with Crippen LogP contribution in [-0.4, -0.2) is 9.97 Å². The molecule has 0 saturated heterocycles. The molecule has 0 aliphatic heterocycles. The maximum atomic E-state index is 12.3. The molecule has 1 heterocycles. The van der Waals surface area contributed by atoms with E-state index in [2.05, 4.69) is 9.97 Å². The Kier molecular flexibility index (Phi) is 1.55. The molecule has 0 atom stereocenters. The van der Waals surface area contributed by atoms with Crippen LogP contribution in [-0.2, 0) is 0 Å². The fourth-order valence-electron chi connectivity index (χ4n) is 0.418. The van der Waals surface area contributed by atoms with Crippen LogP contribution in [0.5, 0.6) is 0 Å². The summed E-state index contributed by atoms with van der Waals surface area (Å²) in [6, 6.07) is 0. The number of nitrogens with zero attached hydrogens (tertiary/aromatic N) is 2. The van der Waals surface area contributed by atoms with E-state index < -0.39 is 5.95 Å². The average molecular weight is 128 g/mol. The zero-order valence-electron chi connectivity index (χ0n) is 4.50. The summed E-state index contributed by atoms with van der Waals surface area (Å²) in [5.41, 5.74) is 2.05. The minimum atomic E-state index is -0.694. The number of anilines is 1. The molecule has 0 bridgehead atoms. The first-order chi connectivity index (χ1) is 4.34. The van der Waals surface area contributed by atoms with E-state index in [-0.39, 0.29) is 5.82 Å². The Morgan fingerprint density at radius 1 is 1.44 bits per heavy atom. The SMILES string of the molecule is NNc1nccnc1F. The lowest BCUT2D eigenvalue weighted by molar-refractivity contribution is 0.580. The molecule has 4 nitrogen and oxygen atoms in total. The van der Waals surface area contributed by atoms with E-state index in [1.54, 1.807) is 0 Å². The lowest BCUT2D eigenvalue weighted by Gasteiger charge is -1.95. The summed E-state index contributed by atoms with van der Waals surface area (Å²) in [5.74, 6) is 4.12. The molecule has 3 N–H and O–H groups in total. The van der Waals surface area contributed by atoms with Crippen molar-refractivity contribution in [1.29, 1.82) is 0 Å². The second-order valence-corrected chi connectivity index (χ2v) is 1.34. The third-order valence-electron chi connectivity index (χ3n) is 0.790. The number of nitrogens with two attached hydrogens (primary N) is 1. The van der Waals surface area contributed by atoms with E-state index in [1.807, 2.05) is 5.43 Å². The van der Waals surface area contributed by atoms with Crippen molar-refractivity contribution in [2.45, 2.75) is 0 Å². The van der Waals surface area contributed by atoms with Gasteiger partial charge in [-0.25, -0.2) is 15.8 Å². The van der Waals surface area contributed by atoms with Crippen LogP contribution in [0.25, 0.3) is 0 Å². The second-order valence-electron chi connectivity index (χ2n) is 1.34. The van der Waals surface area contributed by atoms with Gasteiger partial charge in [0.1, 0.15) is 0 Å². The largest absolute Gasteiger partial charge is 0.305 e. The van der Waals surface area contributed by atoms with E-state index in [4.69, 9.17) is 5.84 Å². The van der Waals surface area contributed by atoms with Crippen molar-refractivity contribution in [3.63, 3.8) is 0 Å². The maximum absolute atomic E-state index is 12.3. The normalized spacial score (nSPS) is 9.11. The third kappa shape index (κ3) is 1.11. The summed E-state index contributed by atoms with van der Waals surface area (Å²) in [7, 11) is 0. The summed E-state index contributed by atoms with van der Waals surface area (Å²) >= 11 is 0. The van der Waals surface area contributed by atoms with Crippen LogP contribution < -0.4 is 11.3 Å². The number of hydrogen-bond donors (Lipinski definition) is 2. The first-order valence-corrected chi connectivity index (χ1v) is 2.27. The minimum Gasteiger partial charge on any atom is -0.305 e. The van der Waals surface area contributed by atoms with Crippen molar-refractivity contribution in [3.8, 4) is 0 Å². The predicted octanol–water partition coefficient (Wildman–Crippen LogP) is -0.0987. The molecule has 0 aliphatic carbocycles. The summed E-state index contributed by atoms with van der Waals surface area (Å²) in [4.78, 5) is 6.80. The number of rotatable bonds is 1. The highest BCUT2D eigenvalue weighted by Gasteiger charge is 1.97. The summed E-state index contributed by atoms with van der Waals surface area (Å²) < 4.78 is 12.3. The predicted molar refractivity (Wildman–Crippen MR) is 29.8 cm³/mol. The molecule has 48 valence electrons. The fourth-order valence-corrected chi connectivity index (χ4v) is 0.418. The summed E-state index contributed by atoms with van der Waals surface area (Å²) in [6.45, 7) is 0. The Morgan fingerprint density at radius 3 is 2.56 bits per heavy atom. The Balaban J connectivity index is 3.01. The Labute approximate surface area is 50.9 Å². The van der Waals surface area contributed by atoms with Gasteiger partial charge >= 0.3 is 0 Å². The topological polar surface area (TPSA) is 63.8 Å². The van der Waals surface area contributed by atoms with Crippen LogP contribution in [0.4, 0.5) is 10.2 Å². The Bertz CT molecular complexity index is 202. The molecule has 0 fully saturated rings. The standard InChI is InChI=1S/C4H5FN4/c5-3-4(9-6)8-2-1-7-3/h1-2H,6H2,(H,8,9). The fraction of sp³-hybridized carbons (Fsp3) is 0. The zero-order chi connectivity index (χ0) is 6.69. The quantitative estimate of drug-likeness (QED) is 0.409. The molecule has 0 aromatic carbocycles. The number of nitrogens with one attached hydrogen (secondary N) is 1. The lowest BCUT2D eigenvalue weighted by atomic mass is 10.7. The van der Waals surface area contributed by atoms with Crippen LogP contribution in [0.15, 0.2) is 12.4 Å². The molecule has 0 radical (unpaired) electrons. The van der Waals surface area contributed by atoms with E-state index in [0.717, 1.165) is 0 Å². The van der Waals surface area contributed by atoms with E-state index in [9.17, 15) is 4.39 Å². The minimum absolute atomic E-state index is 0.0440. The molecule has 0 amide bonds. The van der Waals surface area contributed by atoms with Gasteiger partial charge in [-0.1, -0.05) is 0 Å². The van der Waals surface area contributed by atoms with Crippen LogP contribution in [0, 0.1) is 5.95 Å². The maximum Gasteiger partial charge on any atom is 0.256 e. The van der Waals surface area contributed by atoms with Gasteiger partial charge < -0.3 is 5.43 Å². The molecule has 0 unspecified atom stereocenters. The molecule has 9 heavy (non-hydrogen) atoms. The second kappa shape index (κ2) is 2.36. The van der Waals surface area contributed by atoms with Gasteiger partial charge in [0.15, 0.2) is 5.82 Å². The van der Waals surface area contributed by atoms with E-state index >= 15 is 0 Å². The molecular formula is C4H5FN4. The first-order valence-electron chi connectivity index (χ1n) is 2.27. The lowest BCUT2D eigenvalue weighted by Crippen LogP contribution is -2.10. The van der Waals surface area contributed by atoms with Crippen molar-refractivity contribution >= 4 is 5.82 Å². The van der Waals surface area contributed by atoms with Crippen molar-refractivity contribution in [2.24, 2.45) is 5.84 Å². The van der Waals surface area contributed by atoms with Crippen molar-refractivity contribution < 1.29 is 4.39 Å². The number of aromatic nitrogens is 2. The summed E-state index contributed by atoms with van der Waals surface area (Å²) in [5, 5.41) is 0. The molecule has 5 heteroatoms. The molecule has 1 rings (SSSR count). The average Bonchev–Trinajstić information content (AvgIpc) is 1.89. The molecule has 0 spiro atoms. The van der Waals surface area contributed by atoms with Crippen LogP contribution in [0.2, 0.25) is 0 Å². The van der Waals surface area contributed by atoms with Gasteiger partial charge in [-0.3, -0.25) is 0 Å². The highest BCUT2D eigenvalue weighted by atomic mass is 19.1. The Morgan fingerprint density at radius 2 is 2.11 bits per heavy atom. The smallest absolute Gasteiger partial charge is 0.256 e. The molecule has 0 aliphatic rings. The van der Waals surface area contributed by atoms with Gasteiger partial charge in [0.25, 0.3) is 5.95 Å². The number of nitrogen functional groups attached to an aromatic ring is 1. The van der Waals surface area contributed by atoms with Crippen LogP contribution in [0.3, 0.4) is 0 Å². The number of halogens is 1. The van der Waals surface area contributed by atoms with Crippen molar-refractivity contribution in [3.05, 3.63) is 18.3 Å². The van der Waals surface area contributed by atoms with Gasteiger partial charge in [0.2, 0.25) is 0 Å². The van der Waals surface area contributed by atoms with Gasteiger partial charge in [-0.2, -0.15) is 4.39 Å². The summed E-state index contributed by atoms with van der Waals surface area (Å²) in [6.07, 6.45) is 2.59. The monoisotopic (exact) mass is 128 g/mol. The molecular weight excluding hydrogens is 123 g/mol. The molecule has 0 saturated carbocycles. The van der Waals surface area contributed by atoms with Crippen molar-refractivity contribution in [2.75, 3.05) is 5.43 Å². The first kappa shape index (κ1) is 5.90. The Hall–Kier alpha value is -1.23. The number of hydrazine groups is 1. The van der Waals surface area contributed by atoms with E-state index in [0.29, 0.717) is 0 Å². The van der Waals surface area contributed by atoms with Gasteiger partial charge in [-0.15, -0.1) is 0 Å². The highest BCUT2D eigenvalue weighted by Crippen LogP contribution is 2.01. The van der Waals surface area contributed by atoms with Crippen LogP contribution in [0.1, 0.15) is 0 Å². The highest BCUT2D eigenvalue weighted by molar-refractivity contribution is 5.29. The third-order valence-corrected chi connectivity index (χ3v) is 0.790. The number of hydrogen-bond acceptors (Lipinski definition) is 4. The van der Waals surface area contributed by atoms with Gasteiger partial charge in [-0.05, 0) is 0 Å². The van der Waals surface area contributed by atoms with Gasteiger partial charge in [0, 0.05) is 12.4 Å². The molecule has 1 aromatic heterocycles. The van der Waals surface area contributed by atoms with Crippen LogP contribution >= 0.6 is 0 Å². The zero-order valence-corrected chi connectivity index (χ0v) is 4.50.